The van der Waals surface area contributed by atoms with Gasteiger partial charge in [-0.3, -0.25) is 0 Å². The van der Waals surface area contributed by atoms with Gasteiger partial charge in [0.1, 0.15) is 5.82 Å². The highest BCUT2D eigenvalue weighted by molar-refractivity contribution is 6.17. The van der Waals surface area contributed by atoms with Crippen LogP contribution in [0.3, 0.4) is 0 Å². The molecule has 0 atom stereocenters. The zero-order valence-electron chi connectivity index (χ0n) is 8.70. The predicted octanol–water partition coefficient (Wildman–Crippen LogP) is 2.97. The maximum Gasteiger partial charge on any atom is 0.228 e. The van der Waals surface area contributed by atoms with Crippen molar-refractivity contribution in [3.8, 4) is 11.4 Å². The monoisotopic (exact) mass is 240 g/mol. The first-order chi connectivity index (χ1) is 7.69. The van der Waals surface area contributed by atoms with E-state index < -0.39 is 0 Å². The molecule has 0 spiro atoms. The van der Waals surface area contributed by atoms with Crippen molar-refractivity contribution < 1.29 is 8.91 Å². The Morgan fingerprint density at radius 1 is 1.38 bits per heavy atom. The Bertz CT molecular complexity index is 478. The molecule has 3 nitrogen and oxygen atoms in total. The van der Waals surface area contributed by atoms with Crippen LogP contribution >= 0.6 is 11.6 Å². The van der Waals surface area contributed by atoms with Gasteiger partial charge in [0, 0.05) is 17.9 Å². The Morgan fingerprint density at radius 2 is 2.19 bits per heavy atom. The van der Waals surface area contributed by atoms with Crippen molar-refractivity contribution in [2.45, 2.75) is 13.3 Å². The van der Waals surface area contributed by atoms with Crippen molar-refractivity contribution in [2.24, 2.45) is 0 Å². The van der Waals surface area contributed by atoms with Gasteiger partial charge in [0.15, 0.2) is 0 Å². The number of benzene rings is 1. The van der Waals surface area contributed by atoms with Crippen LogP contribution in [0.5, 0.6) is 0 Å². The fourth-order valence-corrected chi connectivity index (χ4v) is 1.58. The minimum atomic E-state index is -0.307. The third-order valence-electron chi connectivity index (χ3n) is 2.08. The molecule has 0 fully saturated rings. The molecule has 0 unspecified atom stereocenters. The summed E-state index contributed by atoms with van der Waals surface area (Å²) >= 11 is 5.55. The van der Waals surface area contributed by atoms with Gasteiger partial charge in [0.2, 0.25) is 11.7 Å². The Balaban J connectivity index is 2.34. The molecule has 0 N–H and O–H groups in total. The Hall–Kier alpha value is -1.42. The molecule has 2 aromatic rings. The Morgan fingerprint density at radius 3 is 2.88 bits per heavy atom. The Labute approximate surface area is 97.2 Å². The molecule has 0 saturated carbocycles. The van der Waals surface area contributed by atoms with Gasteiger partial charge in [-0.25, -0.2) is 4.39 Å². The maximum absolute atomic E-state index is 13.2. The standard InChI is InChI=1S/C11H10ClFN2O/c1-7-4-8(6-9(13)5-7)11-14-10(2-3-12)16-15-11/h4-6H,2-3H2,1H3. The fourth-order valence-electron chi connectivity index (χ4n) is 1.42. The molecular weight excluding hydrogens is 231 g/mol. The number of rotatable bonds is 3. The summed E-state index contributed by atoms with van der Waals surface area (Å²) in [6.07, 6.45) is 0.517. The van der Waals surface area contributed by atoms with Crippen LogP contribution in [-0.2, 0) is 6.42 Å². The molecular formula is C11H10ClFN2O. The number of aryl methyl sites for hydroxylation is 2. The molecule has 5 heteroatoms. The van der Waals surface area contributed by atoms with Crippen LogP contribution in [0.2, 0.25) is 0 Å². The Kier molecular flexibility index (Phi) is 3.19. The summed E-state index contributed by atoms with van der Waals surface area (Å²) in [5, 5.41) is 3.78. The summed E-state index contributed by atoms with van der Waals surface area (Å²) in [6.45, 7) is 1.81. The van der Waals surface area contributed by atoms with Crippen molar-refractivity contribution in [2.75, 3.05) is 5.88 Å². The summed E-state index contributed by atoms with van der Waals surface area (Å²) in [7, 11) is 0. The number of hydrogen-bond donors (Lipinski definition) is 0. The smallest absolute Gasteiger partial charge is 0.228 e. The van der Waals surface area contributed by atoms with Gasteiger partial charge in [0.25, 0.3) is 0 Å². The average Bonchev–Trinajstić information content (AvgIpc) is 2.65. The van der Waals surface area contributed by atoms with Crippen molar-refractivity contribution in [1.29, 1.82) is 0 Å². The molecule has 16 heavy (non-hydrogen) atoms. The molecule has 0 aliphatic carbocycles. The summed E-state index contributed by atoms with van der Waals surface area (Å²) in [5.74, 6) is 0.970. The van der Waals surface area contributed by atoms with E-state index in [9.17, 15) is 4.39 Å². The summed E-state index contributed by atoms with van der Waals surface area (Å²) in [5.41, 5.74) is 1.43. The molecule has 0 aliphatic heterocycles. The van der Waals surface area contributed by atoms with Crippen LogP contribution < -0.4 is 0 Å². The lowest BCUT2D eigenvalue weighted by Gasteiger charge is -1.97. The number of hydrogen-bond acceptors (Lipinski definition) is 3. The van der Waals surface area contributed by atoms with E-state index in [1.807, 2.05) is 6.92 Å². The van der Waals surface area contributed by atoms with Crippen molar-refractivity contribution in [1.82, 2.24) is 10.1 Å². The topological polar surface area (TPSA) is 38.9 Å². The van der Waals surface area contributed by atoms with E-state index in [0.717, 1.165) is 5.56 Å². The largest absolute Gasteiger partial charge is 0.339 e. The van der Waals surface area contributed by atoms with Gasteiger partial charge in [-0.1, -0.05) is 5.16 Å². The first kappa shape index (κ1) is 11.1. The van der Waals surface area contributed by atoms with Gasteiger partial charge < -0.3 is 4.52 Å². The number of alkyl halides is 1. The second-order valence-corrected chi connectivity index (χ2v) is 3.85. The highest BCUT2D eigenvalue weighted by atomic mass is 35.5. The van der Waals surface area contributed by atoms with E-state index in [1.165, 1.54) is 12.1 Å². The lowest BCUT2D eigenvalue weighted by Crippen LogP contribution is -1.87. The van der Waals surface area contributed by atoms with E-state index in [0.29, 0.717) is 29.6 Å². The maximum atomic E-state index is 13.2. The average molecular weight is 241 g/mol. The third-order valence-corrected chi connectivity index (χ3v) is 2.27. The SMILES string of the molecule is Cc1cc(F)cc(-c2noc(CCCl)n2)c1. The molecule has 2 rings (SSSR count). The van der Waals surface area contributed by atoms with Crippen LogP contribution in [0.4, 0.5) is 4.39 Å². The summed E-state index contributed by atoms with van der Waals surface area (Å²) in [6, 6.07) is 4.63. The molecule has 1 heterocycles. The molecule has 0 radical (unpaired) electrons. The first-order valence-corrected chi connectivity index (χ1v) is 5.38. The van der Waals surface area contributed by atoms with Crippen LogP contribution in [0.1, 0.15) is 11.5 Å². The second-order valence-electron chi connectivity index (χ2n) is 3.47. The second kappa shape index (κ2) is 4.61. The van der Waals surface area contributed by atoms with Crippen LogP contribution in [-0.4, -0.2) is 16.0 Å². The van der Waals surface area contributed by atoms with E-state index in [1.54, 1.807) is 6.07 Å². The van der Waals surface area contributed by atoms with Gasteiger partial charge >= 0.3 is 0 Å². The normalized spacial score (nSPS) is 10.7. The van der Waals surface area contributed by atoms with E-state index in [-0.39, 0.29) is 5.82 Å². The van der Waals surface area contributed by atoms with Crippen molar-refractivity contribution >= 4 is 11.6 Å². The molecule has 0 aliphatic rings. The van der Waals surface area contributed by atoms with Gasteiger partial charge in [-0.05, 0) is 30.7 Å². The summed E-state index contributed by atoms with van der Waals surface area (Å²) < 4.78 is 18.1. The highest BCUT2D eigenvalue weighted by Gasteiger charge is 2.09. The van der Waals surface area contributed by atoms with Gasteiger partial charge in [0.05, 0.1) is 0 Å². The fraction of sp³-hybridized carbons (Fsp3) is 0.273. The zero-order valence-corrected chi connectivity index (χ0v) is 9.46. The quantitative estimate of drug-likeness (QED) is 0.775. The van der Waals surface area contributed by atoms with E-state index in [4.69, 9.17) is 16.1 Å². The predicted molar refractivity (Wildman–Crippen MR) is 58.9 cm³/mol. The van der Waals surface area contributed by atoms with Crippen molar-refractivity contribution in [3.63, 3.8) is 0 Å². The van der Waals surface area contributed by atoms with E-state index >= 15 is 0 Å². The zero-order chi connectivity index (χ0) is 11.5. The molecule has 0 saturated heterocycles. The molecule has 1 aromatic carbocycles. The van der Waals surface area contributed by atoms with Crippen LogP contribution in [0.25, 0.3) is 11.4 Å². The summed E-state index contributed by atoms with van der Waals surface area (Å²) in [4.78, 5) is 4.12. The van der Waals surface area contributed by atoms with Crippen LogP contribution in [0, 0.1) is 12.7 Å². The first-order valence-electron chi connectivity index (χ1n) is 4.85. The third kappa shape index (κ3) is 2.39. The molecule has 1 aromatic heterocycles. The van der Waals surface area contributed by atoms with Crippen LogP contribution in [0.15, 0.2) is 22.7 Å². The minimum Gasteiger partial charge on any atom is -0.339 e. The highest BCUT2D eigenvalue weighted by Crippen LogP contribution is 2.19. The van der Waals surface area contributed by atoms with E-state index in [2.05, 4.69) is 10.1 Å². The number of aromatic nitrogens is 2. The van der Waals surface area contributed by atoms with Gasteiger partial charge in [-0.15, -0.1) is 11.6 Å². The molecule has 0 bridgehead atoms. The number of halogens is 2. The lowest BCUT2D eigenvalue weighted by atomic mass is 10.1. The van der Waals surface area contributed by atoms with Gasteiger partial charge in [-0.2, -0.15) is 4.98 Å². The minimum absolute atomic E-state index is 0.307. The van der Waals surface area contributed by atoms with Crippen molar-refractivity contribution in [3.05, 3.63) is 35.5 Å². The molecule has 84 valence electrons. The number of nitrogens with zero attached hydrogens (tertiary/aromatic N) is 2. The molecule has 0 amide bonds. The lowest BCUT2D eigenvalue weighted by molar-refractivity contribution is 0.383.